The Kier molecular flexibility index (Phi) is 2.62. The van der Waals surface area contributed by atoms with Gasteiger partial charge in [-0.05, 0) is 19.2 Å². The lowest BCUT2D eigenvalue weighted by molar-refractivity contribution is 0.421. The molecule has 0 amide bonds. The molecule has 86 valence electrons. The highest BCUT2D eigenvalue weighted by Gasteiger charge is 2.11. The van der Waals surface area contributed by atoms with E-state index in [2.05, 4.69) is 21.5 Å². The van der Waals surface area contributed by atoms with Gasteiger partial charge in [0.05, 0.1) is 15.9 Å². The maximum Gasteiger partial charge on any atom is 0.195 e. The minimum Gasteiger partial charge on any atom is -0.353 e. The highest BCUT2D eigenvalue weighted by Crippen LogP contribution is 2.30. The van der Waals surface area contributed by atoms with E-state index in [1.165, 1.54) is 0 Å². The van der Waals surface area contributed by atoms with Crippen molar-refractivity contribution in [2.45, 2.75) is 6.54 Å². The maximum atomic E-state index is 5.29. The van der Waals surface area contributed by atoms with Gasteiger partial charge in [-0.2, -0.15) is 0 Å². The molecule has 0 radical (unpaired) electrons. The summed E-state index contributed by atoms with van der Waals surface area (Å²) in [6.07, 6.45) is 0. The van der Waals surface area contributed by atoms with E-state index in [0.29, 0.717) is 6.54 Å². The van der Waals surface area contributed by atoms with Crippen molar-refractivity contribution in [3.8, 4) is 10.8 Å². The minimum absolute atomic E-state index is 0.703. The predicted molar refractivity (Wildman–Crippen MR) is 67.9 cm³/mol. The zero-order chi connectivity index (χ0) is 11.7. The van der Waals surface area contributed by atoms with Gasteiger partial charge in [0.1, 0.15) is 0 Å². The van der Waals surface area contributed by atoms with Crippen molar-refractivity contribution in [3.05, 3.63) is 36.0 Å². The molecule has 17 heavy (non-hydrogen) atoms. The molecule has 1 N–H and O–H groups in total. The fourth-order valence-corrected chi connectivity index (χ4v) is 2.57. The van der Waals surface area contributed by atoms with Crippen LogP contribution in [0, 0.1) is 0 Å². The van der Waals surface area contributed by atoms with Gasteiger partial charge >= 0.3 is 0 Å². The van der Waals surface area contributed by atoms with Crippen LogP contribution in [0.1, 0.15) is 5.69 Å². The lowest BCUT2D eigenvalue weighted by Crippen LogP contribution is -2.04. The topological polar surface area (TPSA) is 51.0 Å². The third-order valence-corrected chi connectivity index (χ3v) is 3.47. The fourth-order valence-electron chi connectivity index (χ4n) is 1.65. The molecule has 2 aromatic heterocycles. The molecule has 0 unspecified atom stereocenters. The van der Waals surface area contributed by atoms with Crippen LogP contribution < -0.4 is 5.32 Å². The molecule has 0 aliphatic carbocycles. The first-order valence-corrected chi connectivity index (χ1v) is 6.14. The van der Waals surface area contributed by atoms with Gasteiger partial charge in [-0.15, -0.1) is 11.3 Å². The third kappa shape index (κ3) is 1.94. The summed E-state index contributed by atoms with van der Waals surface area (Å²) in [5.74, 6) is 0.733. The molecule has 3 aromatic rings. The molecule has 0 aliphatic rings. The largest absolute Gasteiger partial charge is 0.353 e. The average molecular weight is 245 g/mol. The predicted octanol–water partition coefficient (Wildman–Crippen LogP) is 2.67. The van der Waals surface area contributed by atoms with Gasteiger partial charge in [0.25, 0.3) is 0 Å². The molecule has 5 heteroatoms. The number of rotatable bonds is 3. The van der Waals surface area contributed by atoms with Crippen LogP contribution in [-0.4, -0.2) is 17.2 Å². The Balaban J connectivity index is 2.01. The quantitative estimate of drug-likeness (QED) is 0.770. The Morgan fingerprint density at radius 2 is 2.24 bits per heavy atom. The minimum atomic E-state index is 0.703. The summed E-state index contributed by atoms with van der Waals surface area (Å²) >= 11 is 1.62. The van der Waals surface area contributed by atoms with Crippen molar-refractivity contribution in [1.29, 1.82) is 0 Å². The number of benzene rings is 1. The second kappa shape index (κ2) is 4.27. The first-order chi connectivity index (χ1) is 8.36. The summed E-state index contributed by atoms with van der Waals surface area (Å²) in [6, 6.07) is 9.98. The monoisotopic (exact) mass is 245 g/mol. The van der Waals surface area contributed by atoms with Gasteiger partial charge in [0.2, 0.25) is 0 Å². The van der Waals surface area contributed by atoms with E-state index in [1.807, 2.05) is 31.3 Å². The Bertz CT molecular complexity index is 611. The van der Waals surface area contributed by atoms with E-state index in [0.717, 1.165) is 26.7 Å². The number of hydrogen-bond acceptors (Lipinski definition) is 5. The molecule has 0 saturated heterocycles. The zero-order valence-electron chi connectivity index (χ0n) is 9.30. The molecule has 0 aliphatic heterocycles. The van der Waals surface area contributed by atoms with Gasteiger partial charge in [-0.3, -0.25) is 0 Å². The van der Waals surface area contributed by atoms with E-state index in [9.17, 15) is 0 Å². The number of hydrogen-bond donors (Lipinski definition) is 1. The molecule has 4 nitrogen and oxygen atoms in total. The van der Waals surface area contributed by atoms with Gasteiger partial charge in [-0.25, -0.2) is 4.98 Å². The van der Waals surface area contributed by atoms with E-state index in [4.69, 9.17) is 4.52 Å². The highest BCUT2D eigenvalue weighted by molar-refractivity contribution is 7.21. The summed E-state index contributed by atoms with van der Waals surface area (Å²) in [5, 5.41) is 7.89. The van der Waals surface area contributed by atoms with Gasteiger partial charge in [0.15, 0.2) is 10.8 Å². The molecule has 0 bridgehead atoms. The van der Waals surface area contributed by atoms with E-state index in [1.54, 1.807) is 11.3 Å². The molecule has 0 fully saturated rings. The molecular weight excluding hydrogens is 234 g/mol. The SMILES string of the molecule is CNCc1cc(-c2nc3ccccc3s2)on1. The smallest absolute Gasteiger partial charge is 0.195 e. The Morgan fingerprint density at radius 1 is 1.35 bits per heavy atom. The maximum absolute atomic E-state index is 5.29. The Hall–Kier alpha value is -1.72. The standard InChI is InChI=1S/C12H11N3OS/c1-13-7-8-6-10(16-15-8)12-14-9-4-2-3-5-11(9)17-12/h2-6,13H,7H2,1H3. The van der Waals surface area contributed by atoms with Crippen LogP contribution in [0.4, 0.5) is 0 Å². The first kappa shape index (κ1) is 10.4. The fraction of sp³-hybridized carbons (Fsp3) is 0.167. The third-order valence-electron chi connectivity index (χ3n) is 2.42. The van der Waals surface area contributed by atoms with Crippen LogP contribution in [0.3, 0.4) is 0 Å². The molecule has 0 atom stereocenters. The summed E-state index contributed by atoms with van der Waals surface area (Å²) in [7, 11) is 1.88. The normalized spacial score (nSPS) is 11.1. The average Bonchev–Trinajstić information content (AvgIpc) is 2.94. The van der Waals surface area contributed by atoms with Gasteiger partial charge in [-0.1, -0.05) is 17.3 Å². The summed E-state index contributed by atoms with van der Waals surface area (Å²) < 4.78 is 6.45. The molecular formula is C12H11N3OS. The highest BCUT2D eigenvalue weighted by atomic mass is 32.1. The molecule has 2 heterocycles. The van der Waals surface area contributed by atoms with Crippen molar-refractivity contribution < 1.29 is 4.52 Å². The lowest BCUT2D eigenvalue weighted by Gasteiger charge is -1.87. The molecule has 0 saturated carbocycles. The summed E-state index contributed by atoms with van der Waals surface area (Å²) in [4.78, 5) is 4.52. The van der Waals surface area contributed by atoms with Crippen LogP contribution in [-0.2, 0) is 6.54 Å². The van der Waals surface area contributed by atoms with Crippen molar-refractivity contribution in [3.63, 3.8) is 0 Å². The second-order valence-electron chi connectivity index (χ2n) is 3.70. The number of nitrogens with zero attached hydrogens (tertiary/aromatic N) is 2. The van der Waals surface area contributed by atoms with E-state index in [-0.39, 0.29) is 0 Å². The van der Waals surface area contributed by atoms with Crippen molar-refractivity contribution >= 4 is 21.6 Å². The summed E-state index contributed by atoms with van der Waals surface area (Å²) in [6.45, 7) is 0.703. The van der Waals surface area contributed by atoms with E-state index >= 15 is 0 Å². The Labute approximate surface area is 102 Å². The molecule has 0 spiro atoms. The van der Waals surface area contributed by atoms with Gasteiger partial charge < -0.3 is 9.84 Å². The van der Waals surface area contributed by atoms with Gasteiger partial charge in [0, 0.05) is 12.6 Å². The van der Waals surface area contributed by atoms with Crippen molar-refractivity contribution in [2.75, 3.05) is 7.05 Å². The second-order valence-corrected chi connectivity index (χ2v) is 4.73. The Morgan fingerprint density at radius 3 is 3.06 bits per heavy atom. The number of fused-ring (bicyclic) bond motifs is 1. The van der Waals surface area contributed by atoms with Crippen LogP contribution in [0.5, 0.6) is 0 Å². The van der Waals surface area contributed by atoms with E-state index < -0.39 is 0 Å². The number of nitrogens with one attached hydrogen (secondary N) is 1. The first-order valence-electron chi connectivity index (χ1n) is 5.33. The lowest BCUT2D eigenvalue weighted by atomic mass is 10.3. The number of para-hydroxylation sites is 1. The number of thiazole rings is 1. The molecule has 3 rings (SSSR count). The van der Waals surface area contributed by atoms with Crippen molar-refractivity contribution in [1.82, 2.24) is 15.5 Å². The van der Waals surface area contributed by atoms with Crippen molar-refractivity contribution in [2.24, 2.45) is 0 Å². The number of aromatic nitrogens is 2. The van der Waals surface area contributed by atoms with Crippen LogP contribution in [0.2, 0.25) is 0 Å². The van der Waals surface area contributed by atoms with Crippen LogP contribution in [0.25, 0.3) is 21.0 Å². The zero-order valence-corrected chi connectivity index (χ0v) is 10.1. The van der Waals surface area contributed by atoms with Crippen LogP contribution in [0.15, 0.2) is 34.9 Å². The van der Waals surface area contributed by atoms with Crippen LogP contribution >= 0.6 is 11.3 Å². The summed E-state index contributed by atoms with van der Waals surface area (Å²) in [5.41, 5.74) is 1.89. The molecule has 1 aromatic carbocycles.